The van der Waals surface area contributed by atoms with Crippen molar-refractivity contribution in [1.82, 2.24) is 0 Å². The van der Waals surface area contributed by atoms with Gasteiger partial charge in [-0.15, -0.1) is 11.3 Å². The van der Waals surface area contributed by atoms with E-state index in [1.165, 1.54) is 15.3 Å². The molecule has 2 heteroatoms. The molecule has 0 aliphatic carbocycles. The van der Waals surface area contributed by atoms with Crippen LogP contribution in [0.5, 0.6) is 0 Å². The molecule has 1 atom stereocenters. The molecule has 68 valence electrons. The van der Waals surface area contributed by atoms with E-state index in [0.29, 0.717) is 5.92 Å². The van der Waals surface area contributed by atoms with Crippen molar-refractivity contribution in [3.8, 4) is 0 Å². The molecule has 0 spiro atoms. The van der Waals surface area contributed by atoms with E-state index in [2.05, 4.69) is 33.8 Å². The average Bonchev–Trinajstić information content (AvgIpc) is 2.30. The monoisotopic (exact) mass is 183 g/mol. The summed E-state index contributed by atoms with van der Waals surface area (Å²) in [5.41, 5.74) is 7.40. The lowest BCUT2D eigenvalue weighted by Gasteiger charge is -2.12. The fourth-order valence-corrected chi connectivity index (χ4v) is 2.31. The average molecular weight is 183 g/mol. The van der Waals surface area contributed by atoms with E-state index in [4.69, 9.17) is 5.73 Å². The van der Waals surface area contributed by atoms with E-state index in [-0.39, 0.29) is 6.04 Å². The highest BCUT2D eigenvalue weighted by Crippen LogP contribution is 2.28. The van der Waals surface area contributed by atoms with Crippen molar-refractivity contribution in [2.45, 2.75) is 33.7 Å². The Kier molecular flexibility index (Phi) is 2.91. The molecule has 0 bridgehead atoms. The first kappa shape index (κ1) is 9.75. The van der Waals surface area contributed by atoms with Crippen molar-refractivity contribution in [1.29, 1.82) is 0 Å². The Morgan fingerprint density at radius 1 is 1.33 bits per heavy atom. The van der Waals surface area contributed by atoms with Gasteiger partial charge < -0.3 is 5.73 Å². The van der Waals surface area contributed by atoms with Crippen LogP contribution in [0.4, 0.5) is 0 Å². The predicted octanol–water partition coefficient (Wildman–Crippen LogP) is 3.02. The lowest BCUT2D eigenvalue weighted by molar-refractivity contribution is 0.521. The van der Waals surface area contributed by atoms with Gasteiger partial charge in [0.1, 0.15) is 0 Å². The molecule has 2 N–H and O–H groups in total. The summed E-state index contributed by atoms with van der Waals surface area (Å²) in [6.45, 7) is 8.61. The van der Waals surface area contributed by atoms with Gasteiger partial charge >= 0.3 is 0 Å². The van der Waals surface area contributed by atoms with Crippen molar-refractivity contribution in [2.24, 2.45) is 11.7 Å². The van der Waals surface area contributed by atoms with Crippen LogP contribution in [-0.4, -0.2) is 0 Å². The molecule has 0 radical (unpaired) electrons. The van der Waals surface area contributed by atoms with Gasteiger partial charge in [0.05, 0.1) is 0 Å². The van der Waals surface area contributed by atoms with Crippen LogP contribution in [-0.2, 0) is 0 Å². The van der Waals surface area contributed by atoms with Crippen molar-refractivity contribution >= 4 is 11.3 Å². The Balaban J connectivity index is 2.89. The van der Waals surface area contributed by atoms with Crippen molar-refractivity contribution in [3.05, 3.63) is 21.4 Å². The van der Waals surface area contributed by atoms with Crippen LogP contribution in [0.25, 0.3) is 0 Å². The molecule has 0 saturated carbocycles. The molecule has 1 rings (SSSR count). The highest BCUT2D eigenvalue weighted by molar-refractivity contribution is 7.12. The molecule has 0 aliphatic heterocycles. The molecule has 1 aromatic heterocycles. The Labute approximate surface area is 78.6 Å². The summed E-state index contributed by atoms with van der Waals surface area (Å²) in [6, 6.07) is 2.42. The minimum absolute atomic E-state index is 0.211. The van der Waals surface area contributed by atoms with Crippen LogP contribution in [0.1, 0.15) is 35.2 Å². The van der Waals surface area contributed by atoms with E-state index in [9.17, 15) is 0 Å². The molecule has 0 fully saturated rings. The molecule has 0 saturated heterocycles. The second-order valence-electron chi connectivity index (χ2n) is 3.66. The largest absolute Gasteiger partial charge is 0.323 e. The van der Waals surface area contributed by atoms with Crippen molar-refractivity contribution < 1.29 is 0 Å². The summed E-state index contributed by atoms with van der Waals surface area (Å²) < 4.78 is 0. The molecular formula is C10H17NS. The number of nitrogens with two attached hydrogens (primary N) is 1. The normalized spacial score (nSPS) is 13.8. The van der Waals surface area contributed by atoms with Gasteiger partial charge in [-0.25, -0.2) is 0 Å². The molecule has 1 nitrogen and oxygen atoms in total. The summed E-state index contributed by atoms with van der Waals surface area (Å²) >= 11 is 1.83. The first-order valence-electron chi connectivity index (χ1n) is 4.35. The maximum Gasteiger partial charge on any atom is 0.0413 e. The van der Waals surface area contributed by atoms with Crippen LogP contribution in [0.2, 0.25) is 0 Å². The highest BCUT2D eigenvalue weighted by atomic mass is 32.1. The zero-order valence-electron chi connectivity index (χ0n) is 8.22. The van der Waals surface area contributed by atoms with Crippen molar-refractivity contribution in [2.75, 3.05) is 0 Å². The minimum Gasteiger partial charge on any atom is -0.323 e. The highest BCUT2D eigenvalue weighted by Gasteiger charge is 2.13. The maximum atomic E-state index is 6.03. The van der Waals surface area contributed by atoms with Crippen LogP contribution in [0, 0.1) is 19.8 Å². The summed E-state index contributed by atoms with van der Waals surface area (Å²) in [5.74, 6) is 0.530. The Bertz CT molecular complexity index is 243. The molecule has 0 unspecified atom stereocenters. The van der Waals surface area contributed by atoms with Crippen molar-refractivity contribution in [3.63, 3.8) is 0 Å². The minimum atomic E-state index is 0.211. The molecule has 0 aliphatic rings. The third-order valence-corrected chi connectivity index (χ3v) is 3.49. The van der Waals surface area contributed by atoms with E-state index in [0.717, 1.165) is 0 Å². The zero-order valence-corrected chi connectivity index (χ0v) is 9.03. The summed E-state index contributed by atoms with van der Waals surface area (Å²) in [6.07, 6.45) is 0. The summed E-state index contributed by atoms with van der Waals surface area (Å²) in [7, 11) is 0. The fourth-order valence-electron chi connectivity index (χ4n) is 1.09. The van der Waals surface area contributed by atoms with Crippen LogP contribution in [0.15, 0.2) is 6.07 Å². The number of rotatable bonds is 2. The van der Waals surface area contributed by atoms with Gasteiger partial charge in [-0.1, -0.05) is 13.8 Å². The first-order valence-corrected chi connectivity index (χ1v) is 5.16. The topological polar surface area (TPSA) is 26.0 Å². The predicted molar refractivity (Wildman–Crippen MR) is 55.6 cm³/mol. The van der Waals surface area contributed by atoms with E-state index < -0.39 is 0 Å². The van der Waals surface area contributed by atoms with Gasteiger partial charge in [0.15, 0.2) is 0 Å². The molecule has 12 heavy (non-hydrogen) atoms. The van der Waals surface area contributed by atoms with Gasteiger partial charge in [-0.2, -0.15) is 0 Å². The third-order valence-electron chi connectivity index (χ3n) is 2.23. The number of thiophene rings is 1. The third kappa shape index (κ3) is 1.87. The van der Waals surface area contributed by atoms with Gasteiger partial charge in [-0.05, 0) is 31.4 Å². The van der Waals surface area contributed by atoms with Gasteiger partial charge in [0.25, 0.3) is 0 Å². The van der Waals surface area contributed by atoms with Gasteiger partial charge in [-0.3, -0.25) is 0 Å². The molecule has 1 aromatic rings. The molecular weight excluding hydrogens is 166 g/mol. The smallest absolute Gasteiger partial charge is 0.0413 e. The Hall–Kier alpha value is -0.340. The summed E-state index contributed by atoms with van der Waals surface area (Å²) in [5, 5.41) is 0. The standard InChI is InChI=1S/C10H17NS/c1-6(2)10(11)9-5-7(3)8(4)12-9/h5-6,10H,11H2,1-4H3/t10-/m1/s1. The first-order chi connectivity index (χ1) is 5.52. The maximum absolute atomic E-state index is 6.03. The number of aryl methyl sites for hydroxylation is 2. The van der Waals surface area contributed by atoms with Crippen LogP contribution < -0.4 is 5.73 Å². The Morgan fingerprint density at radius 3 is 2.25 bits per heavy atom. The zero-order chi connectivity index (χ0) is 9.30. The quantitative estimate of drug-likeness (QED) is 0.749. The lowest BCUT2D eigenvalue weighted by Crippen LogP contribution is -2.14. The molecule has 0 amide bonds. The lowest BCUT2D eigenvalue weighted by atomic mass is 10.0. The number of hydrogen-bond donors (Lipinski definition) is 1. The van der Waals surface area contributed by atoms with Crippen LogP contribution >= 0.6 is 11.3 Å². The van der Waals surface area contributed by atoms with E-state index in [1.54, 1.807) is 0 Å². The molecule has 0 aromatic carbocycles. The summed E-state index contributed by atoms with van der Waals surface area (Å²) in [4.78, 5) is 2.71. The van der Waals surface area contributed by atoms with Gasteiger partial charge in [0, 0.05) is 15.8 Å². The fraction of sp³-hybridized carbons (Fsp3) is 0.600. The second kappa shape index (κ2) is 3.58. The molecule has 1 heterocycles. The second-order valence-corrected chi connectivity index (χ2v) is 4.95. The van der Waals surface area contributed by atoms with E-state index in [1.807, 2.05) is 11.3 Å². The Morgan fingerprint density at radius 2 is 1.92 bits per heavy atom. The van der Waals surface area contributed by atoms with Crippen LogP contribution in [0.3, 0.4) is 0 Å². The van der Waals surface area contributed by atoms with Gasteiger partial charge in [0.2, 0.25) is 0 Å². The van der Waals surface area contributed by atoms with E-state index >= 15 is 0 Å². The SMILES string of the molecule is Cc1cc([C@H](N)C(C)C)sc1C. The number of hydrogen-bond acceptors (Lipinski definition) is 2.